The molecule has 2 aliphatic rings. The Morgan fingerprint density at radius 2 is 1.74 bits per heavy atom. The number of amides is 2. The molecule has 1 aromatic carbocycles. The molecule has 0 spiro atoms. The van der Waals surface area contributed by atoms with Gasteiger partial charge >= 0.3 is 0 Å². The lowest BCUT2D eigenvalue weighted by atomic mass is 10.2. The molecule has 172 valence electrons. The van der Waals surface area contributed by atoms with Crippen molar-refractivity contribution in [2.75, 3.05) is 57.8 Å². The van der Waals surface area contributed by atoms with Gasteiger partial charge in [-0.05, 0) is 18.6 Å². The molecule has 2 aliphatic heterocycles. The fourth-order valence-electron chi connectivity index (χ4n) is 4.02. The fourth-order valence-corrected chi connectivity index (χ4v) is 4.02. The van der Waals surface area contributed by atoms with Crippen molar-refractivity contribution in [2.45, 2.75) is 32.2 Å². The monoisotopic (exact) mass is 542 g/mol. The van der Waals surface area contributed by atoms with Crippen molar-refractivity contribution < 1.29 is 9.59 Å². The van der Waals surface area contributed by atoms with Crippen molar-refractivity contribution in [3.05, 3.63) is 30.3 Å². The van der Waals surface area contributed by atoms with Crippen LogP contribution >= 0.6 is 24.0 Å². The molecule has 9 heteroatoms. The Bertz CT molecular complexity index is 737. The first-order valence-corrected chi connectivity index (χ1v) is 10.9. The number of carbonyl (C=O) groups is 2. The van der Waals surface area contributed by atoms with Gasteiger partial charge in [0.1, 0.15) is 0 Å². The minimum Gasteiger partial charge on any atom is -0.368 e. The third-order valence-electron chi connectivity index (χ3n) is 5.79. The number of halogens is 1. The molecule has 2 heterocycles. The standard InChI is InChI=1S/C22H34N6O2.HI/c1-3-20(29)28-12-10-18(17-28)25-22(23-2)24-11-9-21(30)27-15-13-26(14-16-27)19-7-5-4-6-8-19;/h4-8,18H,3,9-17H2,1-2H3,(H2,23,24,25);1H. The van der Waals surface area contributed by atoms with Crippen molar-refractivity contribution in [1.82, 2.24) is 20.4 Å². The van der Waals surface area contributed by atoms with Gasteiger partial charge in [0.15, 0.2) is 5.96 Å². The van der Waals surface area contributed by atoms with E-state index in [1.165, 1.54) is 5.69 Å². The number of anilines is 1. The van der Waals surface area contributed by atoms with E-state index in [9.17, 15) is 9.59 Å². The number of rotatable bonds is 6. The van der Waals surface area contributed by atoms with Gasteiger partial charge in [0.25, 0.3) is 0 Å². The molecule has 0 aliphatic carbocycles. The lowest BCUT2D eigenvalue weighted by Gasteiger charge is -2.36. The van der Waals surface area contributed by atoms with Crippen LogP contribution in [0.2, 0.25) is 0 Å². The molecule has 8 nitrogen and oxygen atoms in total. The predicted molar refractivity (Wildman–Crippen MR) is 135 cm³/mol. The number of piperazine rings is 1. The van der Waals surface area contributed by atoms with Crippen molar-refractivity contribution in [1.29, 1.82) is 0 Å². The zero-order chi connectivity index (χ0) is 21.3. The second-order valence-electron chi connectivity index (χ2n) is 7.78. The Morgan fingerprint density at radius 1 is 1.03 bits per heavy atom. The normalized spacial score (nSPS) is 19.1. The summed E-state index contributed by atoms with van der Waals surface area (Å²) in [5, 5.41) is 6.60. The van der Waals surface area contributed by atoms with Gasteiger partial charge in [0.2, 0.25) is 11.8 Å². The molecule has 0 aromatic heterocycles. The molecular weight excluding hydrogens is 507 g/mol. The van der Waals surface area contributed by atoms with Crippen LogP contribution in [0.4, 0.5) is 5.69 Å². The maximum Gasteiger partial charge on any atom is 0.224 e. The third-order valence-corrected chi connectivity index (χ3v) is 5.79. The number of hydrogen-bond donors (Lipinski definition) is 2. The fraction of sp³-hybridized carbons (Fsp3) is 0.591. The maximum absolute atomic E-state index is 12.6. The second-order valence-corrected chi connectivity index (χ2v) is 7.78. The molecule has 3 rings (SSSR count). The second kappa shape index (κ2) is 12.7. The van der Waals surface area contributed by atoms with E-state index < -0.39 is 0 Å². The number of nitrogens with one attached hydrogen (secondary N) is 2. The Hall–Kier alpha value is -2.04. The first-order chi connectivity index (χ1) is 14.6. The highest BCUT2D eigenvalue weighted by molar-refractivity contribution is 14.0. The van der Waals surface area contributed by atoms with Crippen molar-refractivity contribution >= 4 is 47.4 Å². The van der Waals surface area contributed by atoms with E-state index >= 15 is 0 Å². The Labute approximate surface area is 202 Å². The van der Waals surface area contributed by atoms with E-state index in [0.717, 1.165) is 39.1 Å². The topological polar surface area (TPSA) is 80.3 Å². The molecule has 0 saturated carbocycles. The smallest absolute Gasteiger partial charge is 0.224 e. The molecule has 0 radical (unpaired) electrons. The molecule has 2 N–H and O–H groups in total. The summed E-state index contributed by atoms with van der Waals surface area (Å²) in [5.74, 6) is 1.05. The lowest BCUT2D eigenvalue weighted by Crippen LogP contribution is -2.50. The molecule has 1 unspecified atom stereocenters. The summed E-state index contributed by atoms with van der Waals surface area (Å²) in [6, 6.07) is 10.5. The first kappa shape index (κ1) is 25.2. The SMILES string of the molecule is CCC(=O)N1CCC(NC(=NC)NCCC(=O)N2CCN(c3ccccc3)CC2)C1.I. The highest BCUT2D eigenvalue weighted by Crippen LogP contribution is 2.16. The van der Waals surface area contributed by atoms with E-state index in [2.05, 4.69) is 32.7 Å². The number of nitrogens with zero attached hydrogens (tertiary/aromatic N) is 4. The van der Waals surface area contributed by atoms with E-state index in [1.807, 2.05) is 34.9 Å². The van der Waals surface area contributed by atoms with E-state index in [-0.39, 0.29) is 41.8 Å². The summed E-state index contributed by atoms with van der Waals surface area (Å²) in [7, 11) is 1.73. The molecule has 2 saturated heterocycles. The number of para-hydroxylation sites is 1. The summed E-state index contributed by atoms with van der Waals surface area (Å²) in [5.41, 5.74) is 1.22. The number of likely N-dealkylation sites (tertiary alicyclic amines) is 1. The van der Waals surface area contributed by atoms with Crippen LogP contribution in [-0.4, -0.2) is 86.5 Å². The minimum atomic E-state index is 0. The predicted octanol–water partition coefficient (Wildman–Crippen LogP) is 1.52. The van der Waals surface area contributed by atoms with Gasteiger partial charge < -0.3 is 25.3 Å². The molecule has 1 aromatic rings. The van der Waals surface area contributed by atoms with Crippen molar-refractivity contribution in [3.63, 3.8) is 0 Å². The minimum absolute atomic E-state index is 0. The summed E-state index contributed by atoms with van der Waals surface area (Å²) in [6.45, 7) is 7.16. The van der Waals surface area contributed by atoms with Crippen LogP contribution in [-0.2, 0) is 9.59 Å². The van der Waals surface area contributed by atoms with Gasteiger partial charge in [-0.15, -0.1) is 24.0 Å². The van der Waals surface area contributed by atoms with E-state index in [0.29, 0.717) is 31.9 Å². The van der Waals surface area contributed by atoms with Crippen LogP contribution in [0.15, 0.2) is 35.3 Å². The number of hydrogen-bond acceptors (Lipinski definition) is 4. The molecular formula is C22H35IN6O2. The van der Waals surface area contributed by atoms with Gasteiger partial charge in [-0.2, -0.15) is 0 Å². The molecule has 2 fully saturated rings. The van der Waals surface area contributed by atoms with Gasteiger partial charge in [-0.3, -0.25) is 14.6 Å². The van der Waals surface area contributed by atoms with Crippen LogP contribution < -0.4 is 15.5 Å². The molecule has 0 bridgehead atoms. The van der Waals surface area contributed by atoms with Gasteiger partial charge in [0.05, 0.1) is 0 Å². The first-order valence-electron chi connectivity index (χ1n) is 10.9. The Morgan fingerprint density at radius 3 is 2.39 bits per heavy atom. The summed E-state index contributed by atoms with van der Waals surface area (Å²) in [4.78, 5) is 34.8. The van der Waals surface area contributed by atoms with Crippen LogP contribution in [0.3, 0.4) is 0 Å². The summed E-state index contributed by atoms with van der Waals surface area (Å²) < 4.78 is 0. The molecule has 1 atom stereocenters. The lowest BCUT2D eigenvalue weighted by molar-refractivity contribution is -0.131. The average molecular weight is 542 g/mol. The van der Waals surface area contributed by atoms with Crippen LogP contribution in [0.5, 0.6) is 0 Å². The van der Waals surface area contributed by atoms with E-state index in [4.69, 9.17) is 0 Å². The van der Waals surface area contributed by atoms with E-state index in [1.54, 1.807) is 7.05 Å². The Kier molecular flexibility index (Phi) is 10.4. The number of aliphatic imine (C=N–C) groups is 1. The van der Waals surface area contributed by atoms with Crippen LogP contribution in [0, 0.1) is 0 Å². The highest BCUT2D eigenvalue weighted by atomic mass is 127. The molecule has 2 amide bonds. The summed E-state index contributed by atoms with van der Waals surface area (Å²) in [6.07, 6.45) is 1.90. The quantitative estimate of drug-likeness (QED) is 0.324. The van der Waals surface area contributed by atoms with Gasteiger partial charge in [-0.25, -0.2) is 0 Å². The number of guanidine groups is 1. The van der Waals surface area contributed by atoms with Gasteiger partial charge in [0, 0.05) is 77.4 Å². The average Bonchev–Trinajstić information content (AvgIpc) is 3.27. The van der Waals surface area contributed by atoms with Crippen LogP contribution in [0.25, 0.3) is 0 Å². The third kappa shape index (κ3) is 7.26. The highest BCUT2D eigenvalue weighted by Gasteiger charge is 2.26. The largest absolute Gasteiger partial charge is 0.368 e. The maximum atomic E-state index is 12.6. The Balaban J connectivity index is 0.00000341. The zero-order valence-corrected chi connectivity index (χ0v) is 20.9. The number of carbonyl (C=O) groups excluding carboxylic acids is 2. The summed E-state index contributed by atoms with van der Waals surface area (Å²) >= 11 is 0. The molecule has 31 heavy (non-hydrogen) atoms. The zero-order valence-electron chi connectivity index (χ0n) is 18.5. The number of benzene rings is 1. The van der Waals surface area contributed by atoms with Crippen molar-refractivity contribution in [3.8, 4) is 0 Å². The van der Waals surface area contributed by atoms with Crippen LogP contribution in [0.1, 0.15) is 26.2 Å². The van der Waals surface area contributed by atoms with Gasteiger partial charge in [-0.1, -0.05) is 25.1 Å². The van der Waals surface area contributed by atoms with Crippen molar-refractivity contribution in [2.24, 2.45) is 4.99 Å².